The van der Waals surface area contributed by atoms with Gasteiger partial charge in [0.25, 0.3) is 0 Å². The minimum absolute atomic E-state index is 0.0980. The van der Waals surface area contributed by atoms with Gasteiger partial charge in [-0.05, 0) is 62.0 Å². The van der Waals surface area contributed by atoms with Gasteiger partial charge in [-0.15, -0.1) is 0 Å². The number of hydrogen-bond acceptors (Lipinski definition) is 3. The number of carbonyl (C=O) groups is 2. The van der Waals surface area contributed by atoms with Gasteiger partial charge in [0.1, 0.15) is 5.75 Å². The van der Waals surface area contributed by atoms with E-state index in [-0.39, 0.29) is 11.9 Å². The smallest absolute Gasteiger partial charge is 0.336 e. The Morgan fingerprint density at radius 2 is 1.67 bits per heavy atom. The molecule has 0 unspecified atom stereocenters. The number of carbonyl (C=O) groups excluding carboxylic acids is 1. The number of ether oxygens (including phenoxy) is 1. The first-order valence-electron chi connectivity index (χ1n) is 10.6. The lowest BCUT2D eigenvalue weighted by Gasteiger charge is -2.20. The Kier molecular flexibility index (Phi) is 7.99. The van der Waals surface area contributed by atoms with Gasteiger partial charge in [0.05, 0.1) is 11.7 Å². The summed E-state index contributed by atoms with van der Waals surface area (Å²) < 4.78 is 6.01. The van der Waals surface area contributed by atoms with Crippen LogP contribution in [0.5, 0.6) is 5.75 Å². The molecule has 0 fully saturated rings. The molecule has 0 spiro atoms. The van der Waals surface area contributed by atoms with Crippen LogP contribution in [0.1, 0.15) is 90.4 Å². The molecular formula is C26H32O4. The molecule has 2 aromatic rings. The van der Waals surface area contributed by atoms with Gasteiger partial charge in [-0.2, -0.15) is 0 Å². The van der Waals surface area contributed by atoms with E-state index in [1.54, 1.807) is 6.08 Å². The predicted octanol–water partition coefficient (Wildman–Crippen LogP) is 6.32. The van der Waals surface area contributed by atoms with Crippen molar-refractivity contribution in [2.75, 3.05) is 0 Å². The van der Waals surface area contributed by atoms with Crippen molar-refractivity contribution < 1.29 is 19.4 Å². The van der Waals surface area contributed by atoms with Gasteiger partial charge in [-0.25, -0.2) is 4.79 Å². The Hall–Kier alpha value is -2.88. The molecule has 0 aliphatic rings. The first kappa shape index (κ1) is 23.4. The molecule has 0 aliphatic carbocycles. The van der Waals surface area contributed by atoms with E-state index in [2.05, 4.69) is 13.8 Å². The number of aryl methyl sites for hydroxylation is 1. The number of carboxylic acid groups (broad SMARTS) is 1. The van der Waals surface area contributed by atoms with Crippen LogP contribution < -0.4 is 4.74 Å². The van der Waals surface area contributed by atoms with Crippen LogP contribution in [0, 0.1) is 0 Å². The molecule has 0 amide bonds. The first-order chi connectivity index (χ1) is 14.2. The maximum Gasteiger partial charge on any atom is 0.336 e. The molecule has 4 heteroatoms. The molecule has 0 atom stereocenters. The number of aromatic carboxylic acids is 1. The summed E-state index contributed by atoms with van der Waals surface area (Å²) in [5, 5.41) is 9.76. The number of allylic oxidation sites excluding steroid dienone is 1. The van der Waals surface area contributed by atoms with Crippen LogP contribution in [0.3, 0.4) is 0 Å². The van der Waals surface area contributed by atoms with Crippen LogP contribution in [0.4, 0.5) is 0 Å². The van der Waals surface area contributed by atoms with Gasteiger partial charge in [0.2, 0.25) is 0 Å². The number of hydrogen-bond donors (Lipinski definition) is 1. The molecule has 160 valence electrons. The number of rotatable bonds is 9. The molecule has 30 heavy (non-hydrogen) atoms. The summed E-state index contributed by atoms with van der Waals surface area (Å²) in [5.74, 6) is -0.0946. The van der Waals surface area contributed by atoms with Crippen molar-refractivity contribution in [1.82, 2.24) is 0 Å². The number of carboxylic acids is 1. The summed E-state index contributed by atoms with van der Waals surface area (Å²) in [4.78, 5) is 24.6. The molecule has 0 radical (unpaired) electrons. The van der Waals surface area contributed by atoms with E-state index < -0.39 is 5.97 Å². The normalized spacial score (nSPS) is 11.5. The van der Waals surface area contributed by atoms with Gasteiger partial charge in [0, 0.05) is 16.7 Å². The second-order valence-corrected chi connectivity index (χ2v) is 7.96. The SMILES string of the molecule is CCc1cc(C=CC(=O)c2ccc(C(C)C)cc2)c(OC(C)C)c(CC)c1C(=O)O. The highest BCUT2D eigenvalue weighted by Crippen LogP contribution is 2.33. The average molecular weight is 409 g/mol. The van der Waals surface area contributed by atoms with Crippen LogP contribution >= 0.6 is 0 Å². The second-order valence-electron chi connectivity index (χ2n) is 7.96. The van der Waals surface area contributed by atoms with E-state index in [4.69, 9.17) is 4.74 Å². The van der Waals surface area contributed by atoms with Crippen molar-refractivity contribution in [3.63, 3.8) is 0 Å². The van der Waals surface area contributed by atoms with Crippen LogP contribution in [0.25, 0.3) is 6.08 Å². The van der Waals surface area contributed by atoms with Crippen LogP contribution in [-0.4, -0.2) is 23.0 Å². The largest absolute Gasteiger partial charge is 0.490 e. The molecule has 0 bridgehead atoms. The lowest BCUT2D eigenvalue weighted by molar-refractivity contribution is 0.0693. The molecule has 0 aliphatic heterocycles. The third-order valence-corrected chi connectivity index (χ3v) is 5.07. The van der Waals surface area contributed by atoms with Gasteiger partial charge < -0.3 is 9.84 Å². The molecule has 0 saturated carbocycles. The van der Waals surface area contributed by atoms with Gasteiger partial charge >= 0.3 is 5.97 Å². The lowest BCUT2D eigenvalue weighted by Crippen LogP contribution is -2.14. The Balaban J connectivity index is 2.50. The van der Waals surface area contributed by atoms with E-state index in [1.165, 1.54) is 11.6 Å². The zero-order chi connectivity index (χ0) is 22.4. The molecule has 0 saturated heterocycles. The molecule has 0 heterocycles. The molecule has 4 nitrogen and oxygen atoms in total. The fourth-order valence-corrected chi connectivity index (χ4v) is 3.48. The zero-order valence-electron chi connectivity index (χ0n) is 18.8. The van der Waals surface area contributed by atoms with E-state index in [9.17, 15) is 14.7 Å². The highest BCUT2D eigenvalue weighted by atomic mass is 16.5. The van der Waals surface area contributed by atoms with Gasteiger partial charge in [-0.3, -0.25) is 4.79 Å². The predicted molar refractivity (Wildman–Crippen MR) is 122 cm³/mol. The molecule has 2 rings (SSSR count). The molecular weight excluding hydrogens is 376 g/mol. The molecule has 0 aromatic heterocycles. The third kappa shape index (κ3) is 5.38. The minimum atomic E-state index is -0.950. The number of ketones is 1. The van der Waals surface area contributed by atoms with E-state index in [0.717, 1.165) is 11.1 Å². The van der Waals surface area contributed by atoms with Crippen molar-refractivity contribution >= 4 is 17.8 Å². The summed E-state index contributed by atoms with van der Waals surface area (Å²) in [6.45, 7) is 11.9. The highest BCUT2D eigenvalue weighted by Gasteiger charge is 2.22. The Labute approximate surface area is 179 Å². The number of benzene rings is 2. The quantitative estimate of drug-likeness (QED) is 0.390. The topological polar surface area (TPSA) is 63.6 Å². The van der Waals surface area contributed by atoms with Crippen molar-refractivity contribution in [3.05, 3.63) is 69.8 Å². The van der Waals surface area contributed by atoms with Gasteiger partial charge in [0.15, 0.2) is 5.78 Å². The standard InChI is InChI=1S/C26H32O4/c1-7-18-15-21(25(30-17(5)6)22(8-2)24(18)26(28)29)13-14-23(27)20-11-9-19(10-12-20)16(3)4/h9-17H,7-8H2,1-6H3,(H,28,29). The Morgan fingerprint density at radius 1 is 1.03 bits per heavy atom. The summed E-state index contributed by atoms with van der Waals surface area (Å²) in [7, 11) is 0. The highest BCUT2D eigenvalue weighted by molar-refractivity contribution is 6.07. The Morgan fingerprint density at radius 3 is 2.13 bits per heavy atom. The zero-order valence-corrected chi connectivity index (χ0v) is 18.8. The fourth-order valence-electron chi connectivity index (χ4n) is 3.48. The van der Waals surface area contributed by atoms with Crippen LogP contribution in [0.15, 0.2) is 36.4 Å². The summed E-state index contributed by atoms with van der Waals surface area (Å²) >= 11 is 0. The average Bonchev–Trinajstić information content (AvgIpc) is 2.71. The maximum atomic E-state index is 12.7. The second kappa shape index (κ2) is 10.2. The third-order valence-electron chi connectivity index (χ3n) is 5.07. The van der Waals surface area contributed by atoms with Crippen molar-refractivity contribution in [2.45, 2.75) is 66.4 Å². The van der Waals surface area contributed by atoms with E-state index in [1.807, 2.05) is 58.0 Å². The summed E-state index contributed by atoms with van der Waals surface area (Å²) in [6, 6.07) is 9.47. The first-order valence-corrected chi connectivity index (χ1v) is 10.6. The van der Waals surface area contributed by atoms with E-state index >= 15 is 0 Å². The summed E-state index contributed by atoms with van der Waals surface area (Å²) in [6.07, 6.45) is 4.27. The lowest BCUT2D eigenvalue weighted by atomic mass is 9.92. The minimum Gasteiger partial charge on any atom is -0.490 e. The van der Waals surface area contributed by atoms with Crippen molar-refractivity contribution in [2.24, 2.45) is 0 Å². The van der Waals surface area contributed by atoms with Crippen molar-refractivity contribution in [1.29, 1.82) is 0 Å². The molecule has 2 aromatic carbocycles. The van der Waals surface area contributed by atoms with Crippen molar-refractivity contribution in [3.8, 4) is 5.75 Å². The van der Waals surface area contributed by atoms with Gasteiger partial charge in [-0.1, -0.05) is 52.0 Å². The Bertz CT molecular complexity index is 934. The van der Waals surface area contributed by atoms with E-state index in [0.29, 0.717) is 41.2 Å². The molecule has 1 N–H and O–H groups in total. The summed E-state index contributed by atoms with van der Waals surface area (Å²) in [5.41, 5.74) is 4.26. The van der Waals surface area contributed by atoms with Crippen LogP contribution in [-0.2, 0) is 12.8 Å². The van der Waals surface area contributed by atoms with Crippen LogP contribution in [0.2, 0.25) is 0 Å². The maximum absolute atomic E-state index is 12.7. The monoisotopic (exact) mass is 408 g/mol. The fraction of sp³-hybridized carbons (Fsp3) is 0.385.